The lowest BCUT2D eigenvalue weighted by atomic mass is 9.95. The van der Waals surface area contributed by atoms with Gasteiger partial charge in [-0.3, -0.25) is 39.1 Å². The Morgan fingerprint density at radius 3 is 2.28 bits per heavy atom. The Hall–Kier alpha value is -7.62. The smallest absolute Gasteiger partial charge is 0.275 e. The molecular formula is C54H58N12O6. The average molecular weight is 971 g/mol. The van der Waals surface area contributed by atoms with E-state index in [1.807, 2.05) is 60.4 Å². The van der Waals surface area contributed by atoms with Crippen LogP contribution in [0.4, 0.5) is 5.69 Å². The van der Waals surface area contributed by atoms with Gasteiger partial charge in [-0.05, 0) is 112 Å². The number of hydrogen-bond donors (Lipinski definition) is 1. The first kappa shape index (κ1) is 48.0. The van der Waals surface area contributed by atoms with Gasteiger partial charge in [0.15, 0.2) is 11.6 Å². The summed E-state index contributed by atoms with van der Waals surface area (Å²) >= 11 is 0. The third kappa shape index (κ3) is 11.0. The first-order valence-corrected chi connectivity index (χ1v) is 25.0. The fraction of sp³-hybridized carbons (Fsp3) is 0.407. The molecule has 0 radical (unpaired) electrons. The zero-order valence-electron chi connectivity index (χ0n) is 40.5. The number of ether oxygens (including phenoxy) is 1. The zero-order valence-corrected chi connectivity index (χ0v) is 40.5. The number of nitrogens with one attached hydrogen (secondary N) is 1. The number of piperidine rings is 3. The minimum absolute atomic E-state index is 0.178. The summed E-state index contributed by atoms with van der Waals surface area (Å²) < 4.78 is 8.79. The number of likely N-dealkylation sites (tertiary alicyclic amines) is 1. The first-order valence-electron chi connectivity index (χ1n) is 25.0. The van der Waals surface area contributed by atoms with Crippen LogP contribution in [0.1, 0.15) is 61.4 Å². The van der Waals surface area contributed by atoms with Crippen molar-refractivity contribution in [3.8, 4) is 34.5 Å². The number of rotatable bonds is 13. The summed E-state index contributed by atoms with van der Waals surface area (Å²) in [7, 11) is 0. The third-order valence-corrected chi connectivity index (χ3v) is 14.7. The molecule has 1 unspecified atom stereocenters. The van der Waals surface area contributed by atoms with Gasteiger partial charge in [-0.15, -0.1) is 0 Å². The molecular weight excluding hydrogens is 913 g/mol. The fourth-order valence-electron chi connectivity index (χ4n) is 10.4. The van der Waals surface area contributed by atoms with Crippen molar-refractivity contribution in [2.75, 3.05) is 77.0 Å². The number of imide groups is 1. The number of fused-ring (bicyclic) bond motifs is 1. The highest BCUT2D eigenvalue weighted by atomic mass is 16.5. The predicted octanol–water partition coefficient (Wildman–Crippen LogP) is 4.43. The van der Waals surface area contributed by atoms with Crippen molar-refractivity contribution >= 4 is 34.2 Å². The molecule has 0 aliphatic carbocycles. The van der Waals surface area contributed by atoms with Crippen LogP contribution < -0.4 is 26.1 Å². The predicted molar refractivity (Wildman–Crippen MR) is 270 cm³/mol. The summed E-state index contributed by atoms with van der Waals surface area (Å²) in [4.78, 5) is 82.1. The van der Waals surface area contributed by atoms with E-state index in [4.69, 9.17) is 4.74 Å². The van der Waals surface area contributed by atoms with Gasteiger partial charge in [0.1, 0.15) is 6.04 Å². The van der Waals surface area contributed by atoms with Gasteiger partial charge in [0, 0.05) is 80.5 Å². The van der Waals surface area contributed by atoms with Crippen LogP contribution in [-0.4, -0.2) is 134 Å². The number of anilines is 1. The summed E-state index contributed by atoms with van der Waals surface area (Å²) in [6.45, 7) is 10.9. The van der Waals surface area contributed by atoms with Gasteiger partial charge in [-0.1, -0.05) is 30.3 Å². The van der Waals surface area contributed by atoms with Crippen molar-refractivity contribution < 1.29 is 19.1 Å². The SMILES string of the molecule is Cc1nn(C2CCC(=O)NC2=O)c(=O)c2ccc(N3CCC(CN4CCN(C(=O)CN5CCC(COc6cnc(-c7cccc(Cn8nc(-c9cccc(C#N)c9)ccc8=O)c7)nc6)CC5)CC4)CC3)cc12. The van der Waals surface area contributed by atoms with E-state index in [0.29, 0.717) is 58.9 Å². The molecule has 72 heavy (non-hydrogen) atoms. The maximum Gasteiger partial charge on any atom is 0.275 e. The Balaban J connectivity index is 0.628. The molecule has 1 atom stereocenters. The summed E-state index contributed by atoms with van der Waals surface area (Å²) in [5.74, 6) is 1.48. The van der Waals surface area contributed by atoms with E-state index in [0.717, 1.165) is 112 Å². The maximum atomic E-state index is 13.4. The number of hydrogen-bond acceptors (Lipinski definition) is 14. The lowest BCUT2D eigenvalue weighted by Gasteiger charge is -2.40. The highest BCUT2D eigenvalue weighted by Crippen LogP contribution is 2.29. The molecule has 4 fully saturated rings. The molecule has 7 heterocycles. The van der Waals surface area contributed by atoms with Crippen LogP contribution in [0, 0.1) is 30.1 Å². The van der Waals surface area contributed by atoms with Crippen molar-refractivity contribution in [2.24, 2.45) is 11.8 Å². The van der Waals surface area contributed by atoms with Crippen molar-refractivity contribution in [1.29, 1.82) is 5.26 Å². The van der Waals surface area contributed by atoms with Gasteiger partial charge >= 0.3 is 0 Å². The van der Waals surface area contributed by atoms with Crippen LogP contribution in [0.15, 0.2) is 101 Å². The first-order chi connectivity index (χ1) is 35.0. The molecule has 4 aliphatic heterocycles. The highest BCUT2D eigenvalue weighted by Gasteiger charge is 2.32. The fourth-order valence-corrected chi connectivity index (χ4v) is 10.4. The van der Waals surface area contributed by atoms with E-state index in [1.165, 1.54) is 15.4 Å². The lowest BCUT2D eigenvalue weighted by molar-refractivity contribution is -0.136. The molecule has 6 aromatic rings. The number of amides is 3. The summed E-state index contributed by atoms with van der Waals surface area (Å²) in [6, 6.07) is 25.2. The van der Waals surface area contributed by atoms with Crippen LogP contribution in [0.2, 0.25) is 0 Å². The van der Waals surface area contributed by atoms with Crippen molar-refractivity contribution in [3.63, 3.8) is 0 Å². The summed E-state index contributed by atoms with van der Waals surface area (Å²) in [5.41, 5.74) is 4.75. The normalized spacial score (nSPS) is 18.5. The summed E-state index contributed by atoms with van der Waals surface area (Å²) in [5, 5.41) is 22.0. The molecule has 370 valence electrons. The van der Waals surface area contributed by atoms with Gasteiger partial charge in [-0.2, -0.15) is 15.5 Å². The number of carbonyl (C=O) groups excluding carboxylic acids is 3. The molecule has 3 aromatic carbocycles. The van der Waals surface area contributed by atoms with Crippen molar-refractivity contribution in [1.82, 2.24) is 49.5 Å². The second-order valence-corrected chi connectivity index (χ2v) is 19.5. The average Bonchev–Trinajstić information content (AvgIpc) is 3.41. The minimum Gasteiger partial charge on any atom is -0.490 e. The van der Waals surface area contributed by atoms with Gasteiger partial charge in [0.25, 0.3) is 17.0 Å². The molecule has 4 aliphatic rings. The number of carbonyl (C=O) groups is 3. The third-order valence-electron chi connectivity index (χ3n) is 14.7. The van der Waals surface area contributed by atoms with Gasteiger partial charge < -0.3 is 14.5 Å². The van der Waals surface area contributed by atoms with Crippen LogP contribution >= 0.6 is 0 Å². The molecule has 3 amide bonds. The van der Waals surface area contributed by atoms with Crippen LogP contribution in [0.25, 0.3) is 33.4 Å². The molecule has 0 bridgehead atoms. The zero-order chi connectivity index (χ0) is 49.7. The second kappa shape index (κ2) is 21.4. The topological polar surface area (TPSA) is 205 Å². The monoisotopic (exact) mass is 970 g/mol. The van der Waals surface area contributed by atoms with Crippen LogP contribution in [0.3, 0.4) is 0 Å². The minimum atomic E-state index is -0.793. The van der Waals surface area contributed by atoms with Crippen molar-refractivity contribution in [3.05, 3.63) is 129 Å². The van der Waals surface area contributed by atoms with E-state index in [9.17, 15) is 29.2 Å². The Morgan fingerprint density at radius 1 is 0.764 bits per heavy atom. The van der Waals surface area contributed by atoms with E-state index in [2.05, 4.69) is 46.3 Å². The molecule has 1 N–H and O–H groups in total. The Bertz CT molecular complexity index is 3140. The lowest BCUT2D eigenvalue weighted by Crippen LogP contribution is -2.53. The summed E-state index contributed by atoms with van der Waals surface area (Å²) in [6.07, 6.45) is 7.85. The number of nitriles is 1. The van der Waals surface area contributed by atoms with Gasteiger partial charge in [0.05, 0.1) is 60.5 Å². The van der Waals surface area contributed by atoms with Crippen molar-refractivity contribution in [2.45, 2.75) is 58.0 Å². The standard InChI is InChI=1S/C54H58N12O6/c1-36-46-28-43(8-9-45(46)54(71)66(59-36)48-11-12-49(67)58-53(48)70)63-20-16-37(17-21-63)32-62-22-24-64(25-23-62)51(69)34-61-18-14-38(15-19-61)35-72-44-30-56-52(57-31-44)42-7-3-5-40(27-42)33-65-50(68)13-10-47(60-65)41-6-2-4-39(26-41)29-55/h2-10,13,26-28,30-31,37-38,48H,11-12,14-25,32-35H2,1H3,(H,58,67,70). The Morgan fingerprint density at radius 2 is 1.51 bits per heavy atom. The number of piperazine rings is 1. The molecule has 18 nitrogen and oxygen atoms in total. The quantitative estimate of drug-likeness (QED) is 0.159. The Kier molecular flexibility index (Phi) is 14.3. The van der Waals surface area contributed by atoms with E-state index >= 15 is 0 Å². The number of aryl methyl sites for hydroxylation is 1. The van der Waals surface area contributed by atoms with Gasteiger partial charge in [-0.25, -0.2) is 19.3 Å². The number of benzene rings is 3. The van der Waals surface area contributed by atoms with Crippen LogP contribution in [0.5, 0.6) is 5.75 Å². The number of nitrogens with zero attached hydrogens (tertiary/aromatic N) is 11. The maximum absolute atomic E-state index is 13.4. The van der Waals surface area contributed by atoms with Crippen LogP contribution in [-0.2, 0) is 20.9 Å². The van der Waals surface area contributed by atoms with E-state index in [1.54, 1.807) is 36.7 Å². The molecule has 10 rings (SSSR count). The Labute approximate surface area is 416 Å². The molecule has 0 spiro atoms. The largest absolute Gasteiger partial charge is 0.490 e. The number of aromatic nitrogens is 6. The van der Waals surface area contributed by atoms with Gasteiger partial charge in [0.2, 0.25) is 11.8 Å². The van der Waals surface area contributed by atoms with E-state index in [-0.39, 0.29) is 42.3 Å². The highest BCUT2D eigenvalue weighted by molar-refractivity contribution is 5.99. The molecule has 18 heteroatoms. The second-order valence-electron chi connectivity index (χ2n) is 19.5. The van der Waals surface area contributed by atoms with E-state index < -0.39 is 11.9 Å². The molecule has 4 saturated heterocycles. The molecule has 3 aromatic heterocycles. The molecule has 0 saturated carbocycles.